The van der Waals surface area contributed by atoms with E-state index in [1.54, 1.807) is 0 Å². The summed E-state index contributed by atoms with van der Waals surface area (Å²) in [6.07, 6.45) is 0. The molecule has 108 valence electrons. The molecule has 0 heterocycles. The van der Waals surface area contributed by atoms with Crippen LogP contribution in [0.3, 0.4) is 0 Å². The Labute approximate surface area is 125 Å². The number of aliphatic hydroxyl groups is 1. The quantitative estimate of drug-likeness (QED) is 0.879. The fourth-order valence-electron chi connectivity index (χ4n) is 1.63. The molecule has 1 N–H and O–H groups in total. The van der Waals surface area contributed by atoms with Gasteiger partial charge in [0.1, 0.15) is 19.0 Å². The van der Waals surface area contributed by atoms with E-state index in [1.165, 1.54) is 36.4 Å². The third-order valence-corrected chi connectivity index (χ3v) is 2.99. The van der Waals surface area contributed by atoms with Gasteiger partial charge in [-0.2, -0.15) is 0 Å². The molecule has 0 radical (unpaired) electrons. The van der Waals surface area contributed by atoms with E-state index >= 15 is 0 Å². The minimum absolute atomic E-state index is 0.00686. The number of hydrogen-bond donors (Lipinski definition) is 1. The Bertz CT molecular complexity index is 705. The normalized spacial score (nSPS) is 9.90. The minimum Gasteiger partial charge on any atom is -0.486 e. The van der Waals surface area contributed by atoms with Crippen molar-refractivity contribution < 1.29 is 18.6 Å². The van der Waals surface area contributed by atoms with E-state index in [0.29, 0.717) is 11.1 Å². The molecule has 5 heteroatoms. The van der Waals surface area contributed by atoms with Crippen LogP contribution in [0.5, 0.6) is 5.75 Å². The lowest BCUT2D eigenvalue weighted by atomic mass is 10.2. The van der Waals surface area contributed by atoms with Crippen LogP contribution in [0.1, 0.15) is 11.1 Å². The van der Waals surface area contributed by atoms with Crippen molar-refractivity contribution >= 4 is 11.6 Å². The fourth-order valence-corrected chi connectivity index (χ4v) is 1.85. The Hall–Kier alpha value is -2.09. The van der Waals surface area contributed by atoms with E-state index in [9.17, 15) is 8.78 Å². The van der Waals surface area contributed by atoms with Crippen LogP contribution in [0.2, 0.25) is 5.02 Å². The average molecular weight is 309 g/mol. The number of ether oxygens (including phenoxy) is 1. The van der Waals surface area contributed by atoms with Gasteiger partial charge in [0.05, 0.1) is 5.02 Å². The molecule has 2 aromatic carbocycles. The SMILES string of the molecule is OCC#Cc1ccc(F)c(OCc2ccc(F)cc2Cl)c1. The molecule has 0 bridgehead atoms. The average Bonchev–Trinajstić information content (AvgIpc) is 2.46. The topological polar surface area (TPSA) is 29.5 Å². The molecule has 0 aliphatic carbocycles. The summed E-state index contributed by atoms with van der Waals surface area (Å²) in [4.78, 5) is 0. The predicted molar refractivity (Wildman–Crippen MR) is 76.1 cm³/mol. The Morgan fingerprint density at radius 1 is 1.14 bits per heavy atom. The van der Waals surface area contributed by atoms with Crippen molar-refractivity contribution in [1.29, 1.82) is 0 Å². The van der Waals surface area contributed by atoms with Crippen molar-refractivity contribution in [2.45, 2.75) is 6.61 Å². The molecule has 0 saturated carbocycles. The van der Waals surface area contributed by atoms with Gasteiger partial charge in [0.25, 0.3) is 0 Å². The summed E-state index contributed by atoms with van der Waals surface area (Å²) in [6, 6.07) is 8.03. The van der Waals surface area contributed by atoms with E-state index in [1.807, 2.05) is 0 Å². The zero-order chi connectivity index (χ0) is 15.2. The second kappa shape index (κ2) is 7.07. The van der Waals surface area contributed by atoms with Crippen molar-refractivity contribution in [2.75, 3.05) is 6.61 Å². The Balaban J connectivity index is 2.15. The van der Waals surface area contributed by atoms with Crippen LogP contribution in [0.25, 0.3) is 0 Å². The van der Waals surface area contributed by atoms with Gasteiger partial charge >= 0.3 is 0 Å². The predicted octanol–water partition coefficient (Wildman–Crippen LogP) is 3.54. The van der Waals surface area contributed by atoms with E-state index in [4.69, 9.17) is 21.4 Å². The summed E-state index contributed by atoms with van der Waals surface area (Å²) < 4.78 is 31.9. The van der Waals surface area contributed by atoms with Gasteiger partial charge in [-0.1, -0.05) is 29.5 Å². The first kappa shape index (κ1) is 15.3. The standard InChI is InChI=1S/C16H11ClF2O2/c17-14-9-13(18)5-4-12(14)10-21-16-8-11(2-1-7-20)3-6-15(16)19/h3-6,8-9,20H,7,10H2. The first-order valence-corrected chi connectivity index (χ1v) is 6.44. The summed E-state index contributed by atoms with van der Waals surface area (Å²) in [5, 5.41) is 8.85. The molecule has 0 amide bonds. The number of aliphatic hydroxyl groups excluding tert-OH is 1. The maximum Gasteiger partial charge on any atom is 0.165 e. The highest BCUT2D eigenvalue weighted by atomic mass is 35.5. The van der Waals surface area contributed by atoms with E-state index in [2.05, 4.69) is 11.8 Å². The summed E-state index contributed by atoms with van der Waals surface area (Å²) in [5.74, 6) is 4.15. The molecule has 0 aliphatic rings. The molecule has 21 heavy (non-hydrogen) atoms. The van der Waals surface area contributed by atoms with Crippen LogP contribution in [0, 0.1) is 23.5 Å². The third-order valence-electron chi connectivity index (χ3n) is 2.64. The first-order chi connectivity index (χ1) is 10.1. The van der Waals surface area contributed by atoms with Gasteiger partial charge in [-0.15, -0.1) is 0 Å². The second-order valence-electron chi connectivity index (χ2n) is 4.13. The molecule has 2 nitrogen and oxygen atoms in total. The minimum atomic E-state index is -0.539. The van der Waals surface area contributed by atoms with Crippen LogP contribution in [0.15, 0.2) is 36.4 Å². The fraction of sp³-hybridized carbons (Fsp3) is 0.125. The van der Waals surface area contributed by atoms with Gasteiger partial charge < -0.3 is 9.84 Å². The highest BCUT2D eigenvalue weighted by Gasteiger charge is 2.07. The van der Waals surface area contributed by atoms with E-state index < -0.39 is 11.6 Å². The number of rotatable bonds is 3. The van der Waals surface area contributed by atoms with Gasteiger partial charge in [0.15, 0.2) is 11.6 Å². The highest BCUT2D eigenvalue weighted by molar-refractivity contribution is 6.31. The highest BCUT2D eigenvalue weighted by Crippen LogP contribution is 2.22. The van der Waals surface area contributed by atoms with E-state index in [-0.39, 0.29) is 24.0 Å². The van der Waals surface area contributed by atoms with Crippen LogP contribution in [-0.2, 0) is 6.61 Å². The van der Waals surface area contributed by atoms with Crippen molar-refractivity contribution in [3.63, 3.8) is 0 Å². The molecule has 0 spiro atoms. The lowest BCUT2D eigenvalue weighted by Gasteiger charge is -2.09. The van der Waals surface area contributed by atoms with Crippen molar-refractivity contribution in [1.82, 2.24) is 0 Å². The Kier molecular flexibility index (Phi) is 5.15. The van der Waals surface area contributed by atoms with Gasteiger partial charge in [-0.05, 0) is 30.3 Å². The maximum atomic E-state index is 13.6. The van der Waals surface area contributed by atoms with Crippen molar-refractivity contribution in [3.8, 4) is 17.6 Å². The van der Waals surface area contributed by atoms with Gasteiger partial charge in [0.2, 0.25) is 0 Å². The largest absolute Gasteiger partial charge is 0.486 e. The molecule has 0 unspecified atom stereocenters. The van der Waals surface area contributed by atoms with Crippen molar-refractivity contribution in [3.05, 3.63) is 64.2 Å². The zero-order valence-corrected chi connectivity index (χ0v) is 11.6. The summed E-state index contributed by atoms with van der Waals surface area (Å²) >= 11 is 5.87. The van der Waals surface area contributed by atoms with Crippen LogP contribution in [0.4, 0.5) is 8.78 Å². The summed E-state index contributed by atoms with van der Waals surface area (Å²) in [6.45, 7) is -0.272. The number of hydrogen-bond acceptors (Lipinski definition) is 2. The molecule has 0 fully saturated rings. The third kappa shape index (κ3) is 4.19. The molecule has 2 aromatic rings. The number of benzene rings is 2. The second-order valence-corrected chi connectivity index (χ2v) is 4.54. The summed E-state index contributed by atoms with van der Waals surface area (Å²) in [7, 11) is 0. The first-order valence-electron chi connectivity index (χ1n) is 6.06. The zero-order valence-electron chi connectivity index (χ0n) is 10.9. The summed E-state index contributed by atoms with van der Waals surface area (Å²) in [5.41, 5.74) is 1.06. The Morgan fingerprint density at radius 3 is 2.67 bits per heavy atom. The lowest BCUT2D eigenvalue weighted by Crippen LogP contribution is -1.99. The monoisotopic (exact) mass is 308 g/mol. The molecule has 0 aromatic heterocycles. The molecule has 0 saturated heterocycles. The molecule has 0 aliphatic heterocycles. The molecular formula is C16H11ClF2O2. The van der Waals surface area contributed by atoms with Crippen LogP contribution in [-0.4, -0.2) is 11.7 Å². The van der Waals surface area contributed by atoms with Crippen LogP contribution >= 0.6 is 11.6 Å². The lowest BCUT2D eigenvalue weighted by molar-refractivity contribution is 0.290. The number of halogens is 3. The van der Waals surface area contributed by atoms with Gasteiger partial charge in [-0.25, -0.2) is 8.78 Å². The maximum absolute atomic E-state index is 13.6. The van der Waals surface area contributed by atoms with E-state index in [0.717, 1.165) is 0 Å². The van der Waals surface area contributed by atoms with Gasteiger partial charge in [-0.3, -0.25) is 0 Å². The molecule has 2 rings (SSSR count). The van der Waals surface area contributed by atoms with Gasteiger partial charge in [0, 0.05) is 11.1 Å². The molecular weight excluding hydrogens is 298 g/mol. The smallest absolute Gasteiger partial charge is 0.165 e. The van der Waals surface area contributed by atoms with Crippen LogP contribution < -0.4 is 4.74 Å². The molecule has 0 atom stereocenters. The van der Waals surface area contributed by atoms with Crippen molar-refractivity contribution in [2.24, 2.45) is 0 Å². The Morgan fingerprint density at radius 2 is 1.95 bits per heavy atom.